The molecular formula is C24H32N3O5P. The molecule has 0 saturated carbocycles. The number of carbonyl (C=O) groups excluding carboxylic acids is 2. The summed E-state index contributed by atoms with van der Waals surface area (Å²) in [5.74, 6) is -0.0548. The lowest BCUT2D eigenvalue weighted by Gasteiger charge is -2.14. The van der Waals surface area contributed by atoms with Gasteiger partial charge in [0.05, 0.1) is 0 Å². The summed E-state index contributed by atoms with van der Waals surface area (Å²) in [6.45, 7) is 5.00. The number of amides is 2. The van der Waals surface area contributed by atoms with Gasteiger partial charge in [0.1, 0.15) is 6.61 Å². The molecule has 2 aromatic carbocycles. The zero-order chi connectivity index (χ0) is 24.1. The van der Waals surface area contributed by atoms with E-state index in [9.17, 15) is 9.59 Å². The third-order valence-corrected chi connectivity index (χ3v) is 5.20. The van der Waals surface area contributed by atoms with E-state index >= 15 is 0 Å². The molecule has 0 saturated heterocycles. The van der Waals surface area contributed by atoms with E-state index in [1.807, 2.05) is 24.3 Å². The van der Waals surface area contributed by atoms with E-state index in [4.69, 9.17) is 14.5 Å². The molecule has 0 fully saturated rings. The first-order valence-electron chi connectivity index (χ1n) is 10.9. The van der Waals surface area contributed by atoms with Gasteiger partial charge in [0, 0.05) is 19.0 Å². The van der Waals surface area contributed by atoms with E-state index in [2.05, 4.69) is 47.0 Å². The van der Waals surface area contributed by atoms with Gasteiger partial charge in [-0.1, -0.05) is 68.0 Å². The molecule has 0 bridgehead atoms. The molecule has 33 heavy (non-hydrogen) atoms. The number of benzene rings is 2. The van der Waals surface area contributed by atoms with Crippen LogP contribution in [0.15, 0.2) is 61.2 Å². The summed E-state index contributed by atoms with van der Waals surface area (Å²) >= 11 is 0. The van der Waals surface area contributed by atoms with Gasteiger partial charge >= 0.3 is 6.09 Å². The molecular weight excluding hydrogens is 441 g/mol. The summed E-state index contributed by atoms with van der Waals surface area (Å²) in [6, 6.07) is 16.6. The normalized spacial score (nSPS) is 11.6. The first kappa shape index (κ1) is 26.5. The average molecular weight is 474 g/mol. The predicted molar refractivity (Wildman–Crippen MR) is 130 cm³/mol. The Morgan fingerprint density at radius 1 is 0.939 bits per heavy atom. The van der Waals surface area contributed by atoms with Crippen molar-refractivity contribution < 1.29 is 24.1 Å². The van der Waals surface area contributed by atoms with Gasteiger partial charge in [-0.3, -0.25) is 10.3 Å². The molecule has 0 aliphatic heterocycles. The fourth-order valence-corrected chi connectivity index (χ4v) is 3.73. The van der Waals surface area contributed by atoms with Crippen LogP contribution < -0.4 is 16.1 Å². The highest BCUT2D eigenvalue weighted by atomic mass is 31.2. The maximum Gasteiger partial charge on any atom is 0.407 e. The Kier molecular flexibility index (Phi) is 11.6. The van der Waals surface area contributed by atoms with Gasteiger partial charge < -0.3 is 25.2 Å². The minimum absolute atomic E-state index is 0.0823. The first-order chi connectivity index (χ1) is 15.9. The number of rotatable bonds is 10. The predicted octanol–water partition coefficient (Wildman–Crippen LogP) is 3.54. The first-order valence-corrected chi connectivity index (χ1v) is 12.2. The highest BCUT2D eigenvalue weighted by Crippen LogP contribution is 2.44. The van der Waals surface area contributed by atoms with Crippen LogP contribution in [0.4, 0.5) is 4.79 Å². The minimum Gasteiger partial charge on any atom is -0.449 e. The van der Waals surface area contributed by atoms with E-state index in [0.29, 0.717) is 19.7 Å². The highest BCUT2D eigenvalue weighted by molar-refractivity contribution is 7.42. The standard InChI is InChI=1S/C24H28N2O3.H4NO2P/c1-2-23(27)25-15-9-3-4-10-16-26-24(28)29-17-22-20-13-7-5-11-18(20)19-12-6-8-14-21(19)22;1-4(2)3/h2,5-8,11-14,22H,1,3-4,9-10,15-17H2,(H,25,27)(H,26,28);2-3H,1H2. The summed E-state index contributed by atoms with van der Waals surface area (Å²) in [5.41, 5.74) is 9.16. The molecule has 0 unspecified atom stereocenters. The number of hydrogen-bond acceptors (Lipinski definition) is 6. The summed E-state index contributed by atoms with van der Waals surface area (Å²) in [6.07, 6.45) is 4.71. The lowest BCUT2D eigenvalue weighted by molar-refractivity contribution is -0.116. The summed E-state index contributed by atoms with van der Waals surface area (Å²) in [7, 11) is -2.12. The zero-order valence-electron chi connectivity index (χ0n) is 18.6. The molecule has 178 valence electrons. The molecule has 1 aliphatic rings. The monoisotopic (exact) mass is 473 g/mol. The van der Waals surface area contributed by atoms with E-state index in [1.165, 1.54) is 28.3 Å². The Bertz CT molecular complexity index is 874. The molecule has 2 aromatic rings. The molecule has 2 amide bonds. The number of ether oxygens (including phenoxy) is 1. The number of alkyl carbamates (subject to hydrolysis) is 1. The molecule has 0 heterocycles. The van der Waals surface area contributed by atoms with Gasteiger partial charge in [0.15, 0.2) is 0 Å². The molecule has 0 atom stereocenters. The van der Waals surface area contributed by atoms with E-state index in [0.717, 1.165) is 25.7 Å². The van der Waals surface area contributed by atoms with Crippen molar-refractivity contribution in [2.75, 3.05) is 19.7 Å². The van der Waals surface area contributed by atoms with Crippen LogP contribution in [0.1, 0.15) is 42.7 Å². The second-order valence-corrected chi connectivity index (χ2v) is 8.12. The van der Waals surface area contributed by atoms with Crippen molar-refractivity contribution in [3.63, 3.8) is 0 Å². The minimum atomic E-state index is -2.12. The second-order valence-electron chi connectivity index (χ2n) is 7.48. The fourth-order valence-electron chi connectivity index (χ4n) is 3.73. The molecule has 6 N–H and O–H groups in total. The maximum absolute atomic E-state index is 12.1. The Hall–Kier alpha value is -2.77. The van der Waals surface area contributed by atoms with E-state index < -0.39 is 8.53 Å². The number of hydrogen-bond donors (Lipinski definition) is 5. The van der Waals surface area contributed by atoms with Gasteiger partial charge in [0.25, 0.3) is 0 Å². The Morgan fingerprint density at radius 3 is 1.94 bits per heavy atom. The third kappa shape index (κ3) is 8.94. The number of unbranched alkanes of at least 4 members (excludes halogenated alkanes) is 3. The molecule has 3 rings (SSSR count). The SMILES string of the molecule is C=CC(=O)NCCCCCCNC(=O)OCC1c2ccccc2-c2ccccc21.NP(O)O. The van der Waals surface area contributed by atoms with Crippen LogP contribution in [-0.2, 0) is 9.53 Å². The van der Waals surface area contributed by atoms with Crippen molar-refractivity contribution in [3.05, 3.63) is 72.3 Å². The van der Waals surface area contributed by atoms with Crippen molar-refractivity contribution in [1.29, 1.82) is 0 Å². The van der Waals surface area contributed by atoms with E-state index in [1.54, 1.807) is 0 Å². The lowest BCUT2D eigenvalue weighted by Crippen LogP contribution is -2.27. The van der Waals surface area contributed by atoms with Gasteiger partial charge in [0.2, 0.25) is 14.4 Å². The Balaban J connectivity index is 0.000000890. The van der Waals surface area contributed by atoms with Crippen LogP contribution in [0.5, 0.6) is 0 Å². The molecule has 1 aliphatic carbocycles. The maximum atomic E-state index is 12.1. The summed E-state index contributed by atoms with van der Waals surface area (Å²) in [5, 5.41) is 5.58. The molecule has 0 radical (unpaired) electrons. The third-order valence-electron chi connectivity index (χ3n) is 5.20. The molecule has 8 nitrogen and oxygen atoms in total. The molecule has 0 aromatic heterocycles. The Morgan fingerprint density at radius 2 is 1.42 bits per heavy atom. The largest absolute Gasteiger partial charge is 0.449 e. The van der Waals surface area contributed by atoms with Crippen molar-refractivity contribution in [2.24, 2.45) is 5.50 Å². The number of carbonyl (C=O) groups is 2. The highest BCUT2D eigenvalue weighted by Gasteiger charge is 2.28. The van der Waals surface area contributed by atoms with Crippen molar-refractivity contribution >= 4 is 20.5 Å². The molecule has 0 spiro atoms. The van der Waals surface area contributed by atoms with Crippen LogP contribution in [0.25, 0.3) is 11.1 Å². The van der Waals surface area contributed by atoms with Crippen molar-refractivity contribution in [2.45, 2.75) is 31.6 Å². The van der Waals surface area contributed by atoms with Crippen LogP contribution >= 0.6 is 8.53 Å². The van der Waals surface area contributed by atoms with Crippen LogP contribution in [-0.4, -0.2) is 41.5 Å². The second kappa shape index (κ2) is 14.4. The number of fused-ring (bicyclic) bond motifs is 3. The summed E-state index contributed by atoms with van der Waals surface area (Å²) < 4.78 is 5.52. The van der Waals surface area contributed by atoms with Gasteiger partial charge in [-0.2, -0.15) is 0 Å². The van der Waals surface area contributed by atoms with E-state index in [-0.39, 0.29) is 17.9 Å². The quantitative estimate of drug-likeness (QED) is 0.204. The van der Waals surface area contributed by atoms with Crippen LogP contribution in [0, 0.1) is 0 Å². The van der Waals surface area contributed by atoms with Gasteiger partial charge in [-0.05, 0) is 41.2 Å². The topological polar surface area (TPSA) is 134 Å². The molecule has 9 heteroatoms. The lowest BCUT2D eigenvalue weighted by atomic mass is 9.98. The van der Waals surface area contributed by atoms with Gasteiger partial charge in [-0.15, -0.1) is 0 Å². The smallest absolute Gasteiger partial charge is 0.407 e. The fraction of sp³-hybridized carbons (Fsp3) is 0.333. The van der Waals surface area contributed by atoms with Crippen molar-refractivity contribution in [3.8, 4) is 11.1 Å². The van der Waals surface area contributed by atoms with Crippen LogP contribution in [0.2, 0.25) is 0 Å². The number of nitrogens with two attached hydrogens (primary N) is 1. The number of nitrogens with one attached hydrogen (secondary N) is 2. The van der Waals surface area contributed by atoms with Crippen LogP contribution in [0.3, 0.4) is 0 Å². The summed E-state index contributed by atoms with van der Waals surface area (Å²) in [4.78, 5) is 38.0. The van der Waals surface area contributed by atoms with Crippen molar-refractivity contribution in [1.82, 2.24) is 10.6 Å². The zero-order valence-corrected chi connectivity index (χ0v) is 19.5. The Labute approximate surface area is 195 Å². The van der Waals surface area contributed by atoms with Gasteiger partial charge in [-0.25, -0.2) is 4.79 Å². The average Bonchev–Trinajstić information content (AvgIpc) is 3.12.